The molecule has 1 aromatic rings. The summed E-state index contributed by atoms with van der Waals surface area (Å²) in [5, 5.41) is -0.0559. The van der Waals surface area contributed by atoms with E-state index in [2.05, 4.69) is 15.9 Å². The molecule has 0 bridgehead atoms. The van der Waals surface area contributed by atoms with E-state index in [9.17, 15) is 9.18 Å². The minimum Gasteiger partial charge on any atom is -0.302 e. The van der Waals surface area contributed by atoms with Crippen molar-refractivity contribution < 1.29 is 9.18 Å². The van der Waals surface area contributed by atoms with Gasteiger partial charge < -0.3 is 4.90 Å². The molecular weight excluding hydrogens is 284 g/mol. The van der Waals surface area contributed by atoms with Crippen molar-refractivity contribution >= 4 is 33.3 Å². The normalized spacial score (nSPS) is 10.8. The highest BCUT2D eigenvalue weighted by Gasteiger charge is 2.16. The summed E-state index contributed by atoms with van der Waals surface area (Å²) in [5.41, 5.74) is 0.0249. The fourth-order valence-electron chi connectivity index (χ4n) is 1.11. The number of halogens is 3. The Morgan fingerprint density at radius 3 is 2.67 bits per heavy atom. The van der Waals surface area contributed by atoms with Crippen LogP contribution in [0.2, 0.25) is 5.02 Å². The molecule has 0 saturated heterocycles. The van der Waals surface area contributed by atoms with E-state index in [4.69, 9.17) is 11.6 Å². The van der Waals surface area contributed by atoms with Crippen molar-refractivity contribution in [2.75, 3.05) is 20.6 Å². The number of ketones is 1. The maximum absolute atomic E-state index is 13.6. The molecule has 0 radical (unpaired) electrons. The van der Waals surface area contributed by atoms with Crippen molar-refractivity contribution in [2.45, 2.75) is 0 Å². The minimum atomic E-state index is -0.669. The zero-order valence-electron chi connectivity index (χ0n) is 8.35. The Morgan fingerprint density at radius 2 is 2.13 bits per heavy atom. The van der Waals surface area contributed by atoms with Gasteiger partial charge in [-0.3, -0.25) is 4.79 Å². The fourth-order valence-corrected chi connectivity index (χ4v) is 1.58. The van der Waals surface area contributed by atoms with Gasteiger partial charge in [-0.2, -0.15) is 0 Å². The summed E-state index contributed by atoms with van der Waals surface area (Å²) in [6.45, 7) is 0.162. The van der Waals surface area contributed by atoms with Crippen LogP contribution in [0.3, 0.4) is 0 Å². The highest BCUT2D eigenvalue weighted by Crippen LogP contribution is 2.27. The second-order valence-corrected chi connectivity index (χ2v) is 4.62. The molecule has 0 atom stereocenters. The second kappa shape index (κ2) is 5.05. The van der Waals surface area contributed by atoms with Gasteiger partial charge in [0, 0.05) is 4.47 Å². The molecular formula is C10H10BrClFNO. The zero-order chi connectivity index (χ0) is 11.6. The van der Waals surface area contributed by atoms with Gasteiger partial charge in [-0.25, -0.2) is 4.39 Å². The van der Waals surface area contributed by atoms with Crippen LogP contribution < -0.4 is 0 Å². The summed E-state index contributed by atoms with van der Waals surface area (Å²) in [4.78, 5) is 13.3. The number of carbonyl (C=O) groups excluding carboxylic acids is 1. The maximum atomic E-state index is 13.6. The fraction of sp³-hybridized carbons (Fsp3) is 0.300. The lowest BCUT2D eigenvalue weighted by molar-refractivity contribution is 0.0954. The van der Waals surface area contributed by atoms with E-state index in [0.717, 1.165) is 0 Å². The van der Waals surface area contributed by atoms with Crippen molar-refractivity contribution in [1.82, 2.24) is 4.90 Å². The first-order valence-electron chi connectivity index (χ1n) is 4.25. The molecule has 15 heavy (non-hydrogen) atoms. The van der Waals surface area contributed by atoms with Crippen molar-refractivity contribution in [3.05, 3.63) is 33.0 Å². The molecule has 1 rings (SSSR count). The van der Waals surface area contributed by atoms with Crippen LogP contribution in [-0.2, 0) is 0 Å². The number of Topliss-reactive ketones (excluding diaryl/α,β-unsaturated/α-hetero) is 1. The predicted molar refractivity (Wildman–Crippen MR) is 62.0 cm³/mol. The molecule has 0 fully saturated rings. The van der Waals surface area contributed by atoms with Crippen molar-refractivity contribution in [3.63, 3.8) is 0 Å². The topological polar surface area (TPSA) is 20.3 Å². The summed E-state index contributed by atoms with van der Waals surface area (Å²) < 4.78 is 14.0. The highest BCUT2D eigenvalue weighted by atomic mass is 79.9. The maximum Gasteiger partial charge on any atom is 0.179 e. The first kappa shape index (κ1) is 12.6. The van der Waals surface area contributed by atoms with Crippen molar-refractivity contribution in [3.8, 4) is 0 Å². The van der Waals surface area contributed by atoms with E-state index in [1.54, 1.807) is 25.1 Å². The Bertz CT molecular complexity index is 395. The average molecular weight is 295 g/mol. The Hall–Kier alpha value is -0.450. The van der Waals surface area contributed by atoms with Crippen molar-refractivity contribution in [1.29, 1.82) is 0 Å². The number of hydrogen-bond acceptors (Lipinski definition) is 2. The number of carbonyl (C=O) groups is 1. The van der Waals surface area contributed by atoms with Crippen LogP contribution in [0.4, 0.5) is 4.39 Å². The Morgan fingerprint density at radius 1 is 1.53 bits per heavy atom. The second-order valence-electron chi connectivity index (χ2n) is 3.38. The molecule has 5 heteroatoms. The van der Waals surface area contributed by atoms with Gasteiger partial charge in [0.15, 0.2) is 11.6 Å². The van der Waals surface area contributed by atoms with Gasteiger partial charge in [0.1, 0.15) is 0 Å². The smallest absolute Gasteiger partial charge is 0.179 e. The highest BCUT2D eigenvalue weighted by molar-refractivity contribution is 9.10. The summed E-state index contributed by atoms with van der Waals surface area (Å²) in [5.74, 6) is -0.954. The third-order valence-electron chi connectivity index (χ3n) is 1.80. The van der Waals surface area contributed by atoms with Crippen LogP contribution in [0.1, 0.15) is 10.4 Å². The molecule has 0 aromatic heterocycles. The van der Waals surface area contributed by atoms with Gasteiger partial charge in [-0.05, 0) is 42.2 Å². The number of likely N-dealkylation sites (N-methyl/N-ethyl adjacent to an activating group) is 1. The molecule has 82 valence electrons. The first-order chi connectivity index (χ1) is 6.93. The molecule has 0 aliphatic carbocycles. The van der Waals surface area contributed by atoms with E-state index in [1.807, 2.05) is 0 Å². The van der Waals surface area contributed by atoms with Crippen LogP contribution in [0, 0.1) is 5.82 Å². The largest absolute Gasteiger partial charge is 0.302 e. The van der Waals surface area contributed by atoms with Gasteiger partial charge in [-0.1, -0.05) is 11.6 Å². The standard InChI is InChI=1S/C10H10BrClFNO/c1-14(2)5-8(15)6-3-4-7(11)9(12)10(6)13/h3-4H,5H2,1-2H3. The van der Waals surface area contributed by atoms with Crippen LogP contribution in [-0.4, -0.2) is 31.3 Å². The van der Waals surface area contributed by atoms with Crippen LogP contribution >= 0.6 is 27.5 Å². The lowest BCUT2D eigenvalue weighted by Crippen LogP contribution is -2.22. The van der Waals surface area contributed by atoms with Gasteiger partial charge in [-0.15, -0.1) is 0 Å². The molecule has 1 aromatic carbocycles. The number of hydrogen-bond donors (Lipinski definition) is 0. The zero-order valence-corrected chi connectivity index (χ0v) is 10.7. The van der Waals surface area contributed by atoms with Gasteiger partial charge in [0.2, 0.25) is 0 Å². The predicted octanol–water partition coefficient (Wildman–Crippen LogP) is 2.99. The van der Waals surface area contributed by atoms with Crippen molar-refractivity contribution in [2.24, 2.45) is 0 Å². The molecule has 2 nitrogen and oxygen atoms in total. The van der Waals surface area contributed by atoms with Crippen LogP contribution in [0.5, 0.6) is 0 Å². The molecule has 0 heterocycles. The van der Waals surface area contributed by atoms with Gasteiger partial charge in [0.05, 0.1) is 17.1 Å². The van der Waals surface area contributed by atoms with E-state index >= 15 is 0 Å². The number of benzene rings is 1. The van der Waals surface area contributed by atoms with Crippen LogP contribution in [0.25, 0.3) is 0 Å². The van der Waals surface area contributed by atoms with E-state index in [0.29, 0.717) is 4.47 Å². The van der Waals surface area contributed by atoms with Gasteiger partial charge >= 0.3 is 0 Å². The lowest BCUT2D eigenvalue weighted by Gasteiger charge is -2.09. The molecule has 0 aliphatic rings. The summed E-state index contributed by atoms with van der Waals surface area (Å²) in [6, 6.07) is 2.99. The molecule has 0 spiro atoms. The summed E-state index contributed by atoms with van der Waals surface area (Å²) in [7, 11) is 3.49. The lowest BCUT2D eigenvalue weighted by atomic mass is 10.1. The third-order valence-corrected chi connectivity index (χ3v) is 3.05. The Labute approximate surface area is 101 Å². The van der Waals surface area contributed by atoms with Crippen LogP contribution in [0.15, 0.2) is 16.6 Å². The quantitative estimate of drug-likeness (QED) is 0.631. The first-order valence-corrected chi connectivity index (χ1v) is 5.42. The molecule has 0 saturated carbocycles. The van der Waals surface area contributed by atoms with E-state index in [-0.39, 0.29) is 22.9 Å². The number of rotatable bonds is 3. The third kappa shape index (κ3) is 3.00. The summed E-state index contributed by atoms with van der Waals surface area (Å²) >= 11 is 8.76. The summed E-state index contributed by atoms with van der Waals surface area (Å²) in [6.07, 6.45) is 0. The van der Waals surface area contributed by atoms with E-state index < -0.39 is 5.82 Å². The monoisotopic (exact) mass is 293 g/mol. The SMILES string of the molecule is CN(C)CC(=O)c1ccc(Br)c(Cl)c1F. The van der Waals surface area contributed by atoms with Gasteiger partial charge in [0.25, 0.3) is 0 Å². The Kier molecular flexibility index (Phi) is 4.25. The minimum absolute atomic E-state index is 0.0249. The molecule has 0 N–H and O–H groups in total. The molecule has 0 amide bonds. The van der Waals surface area contributed by atoms with E-state index in [1.165, 1.54) is 6.07 Å². The molecule has 0 unspecified atom stereocenters. The average Bonchev–Trinajstić information content (AvgIpc) is 2.13. The Balaban J connectivity index is 3.06. The molecule has 0 aliphatic heterocycles. The number of nitrogens with zero attached hydrogens (tertiary/aromatic N) is 1.